The van der Waals surface area contributed by atoms with Crippen molar-refractivity contribution in [2.45, 2.75) is 63.8 Å². The molecule has 0 aromatic heterocycles. The molecule has 20 heavy (non-hydrogen) atoms. The molecule has 0 saturated heterocycles. The molecule has 118 valence electrons. The normalized spacial score (nSPS) is 16.9. The Morgan fingerprint density at radius 2 is 1.85 bits per heavy atom. The van der Waals surface area contributed by atoms with Crippen molar-refractivity contribution in [2.75, 3.05) is 13.1 Å². The lowest BCUT2D eigenvalue weighted by atomic mass is 9.80. The summed E-state index contributed by atoms with van der Waals surface area (Å²) in [5.41, 5.74) is 4.73. The Labute approximate surface area is 127 Å². The van der Waals surface area contributed by atoms with Gasteiger partial charge in [-0.3, -0.25) is 9.59 Å². The van der Waals surface area contributed by atoms with E-state index in [4.69, 9.17) is 5.73 Å². The summed E-state index contributed by atoms with van der Waals surface area (Å²) in [4.78, 5) is 24.2. The van der Waals surface area contributed by atoms with E-state index in [-0.39, 0.29) is 24.2 Å². The highest BCUT2D eigenvalue weighted by Gasteiger charge is 2.40. The summed E-state index contributed by atoms with van der Waals surface area (Å²) < 4.78 is 0. The van der Waals surface area contributed by atoms with Crippen molar-refractivity contribution in [3.05, 3.63) is 0 Å². The van der Waals surface area contributed by atoms with Crippen LogP contribution < -0.4 is 16.4 Å². The molecule has 0 unspecified atom stereocenters. The fourth-order valence-electron chi connectivity index (χ4n) is 2.56. The van der Waals surface area contributed by atoms with Crippen molar-refractivity contribution in [3.8, 4) is 0 Å². The summed E-state index contributed by atoms with van der Waals surface area (Å²) in [5.74, 6) is -0.0749. The molecule has 0 atom stereocenters. The highest BCUT2D eigenvalue weighted by Crippen LogP contribution is 2.28. The molecule has 0 heterocycles. The minimum atomic E-state index is -0.681. The van der Waals surface area contributed by atoms with E-state index >= 15 is 0 Å². The topological polar surface area (TPSA) is 84.2 Å². The zero-order valence-corrected chi connectivity index (χ0v) is 13.2. The summed E-state index contributed by atoms with van der Waals surface area (Å²) in [6.45, 7) is 3.19. The van der Waals surface area contributed by atoms with Crippen LogP contribution in [0.25, 0.3) is 0 Å². The Balaban J connectivity index is 0.00000361. The van der Waals surface area contributed by atoms with E-state index in [1.807, 2.05) is 6.92 Å². The van der Waals surface area contributed by atoms with Gasteiger partial charge < -0.3 is 16.4 Å². The van der Waals surface area contributed by atoms with E-state index in [9.17, 15) is 9.59 Å². The molecule has 0 bridgehead atoms. The minimum absolute atomic E-state index is 0. The molecular weight excluding hydrogens is 278 g/mol. The number of rotatable bonds is 7. The van der Waals surface area contributed by atoms with Crippen LogP contribution in [0.15, 0.2) is 0 Å². The number of hydrogen-bond donors (Lipinski definition) is 3. The monoisotopic (exact) mass is 305 g/mol. The maximum atomic E-state index is 12.3. The molecule has 1 aliphatic rings. The third kappa shape index (κ3) is 5.67. The Bertz CT molecular complexity index is 305. The lowest BCUT2D eigenvalue weighted by molar-refractivity contribution is -0.135. The van der Waals surface area contributed by atoms with Crippen LogP contribution in [0.2, 0.25) is 0 Å². The molecule has 2 amide bonds. The second-order valence-corrected chi connectivity index (χ2v) is 5.34. The maximum absolute atomic E-state index is 12.3. The van der Waals surface area contributed by atoms with Crippen LogP contribution in [0.4, 0.5) is 0 Å². The minimum Gasteiger partial charge on any atom is -0.354 e. The zero-order chi connectivity index (χ0) is 14.1. The van der Waals surface area contributed by atoms with Gasteiger partial charge in [-0.05, 0) is 32.2 Å². The van der Waals surface area contributed by atoms with Gasteiger partial charge in [0.25, 0.3) is 0 Å². The van der Waals surface area contributed by atoms with Gasteiger partial charge in [-0.1, -0.05) is 26.2 Å². The predicted octanol–water partition coefficient (Wildman–Crippen LogP) is 1.49. The molecule has 5 nitrogen and oxygen atoms in total. The van der Waals surface area contributed by atoms with Crippen molar-refractivity contribution in [3.63, 3.8) is 0 Å². The fourth-order valence-corrected chi connectivity index (χ4v) is 2.56. The van der Waals surface area contributed by atoms with Crippen LogP contribution >= 0.6 is 12.4 Å². The summed E-state index contributed by atoms with van der Waals surface area (Å²) in [6, 6.07) is 0. The van der Waals surface area contributed by atoms with E-state index in [0.29, 0.717) is 25.9 Å². The van der Waals surface area contributed by atoms with Crippen molar-refractivity contribution >= 4 is 24.2 Å². The standard InChI is InChI=1S/C14H27N3O2.ClH/c1-2-11-16-13(19)14(8-4-3-5-9-14)17-12(18)7-6-10-15;/h2-11,15H2,1H3,(H,16,19)(H,17,18);1H. The first-order valence-corrected chi connectivity index (χ1v) is 7.44. The van der Waals surface area contributed by atoms with Crippen molar-refractivity contribution in [2.24, 2.45) is 5.73 Å². The molecule has 0 aliphatic heterocycles. The van der Waals surface area contributed by atoms with Crippen molar-refractivity contribution < 1.29 is 9.59 Å². The van der Waals surface area contributed by atoms with Gasteiger partial charge in [-0.2, -0.15) is 0 Å². The number of amides is 2. The summed E-state index contributed by atoms with van der Waals surface area (Å²) in [7, 11) is 0. The van der Waals surface area contributed by atoms with Crippen molar-refractivity contribution in [1.82, 2.24) is 10.6 Å². The molecule has 1 fully saturated rings. The molecule has 1 rings (SSSR count). The van der Waals surface area contributed by atoms with Gasteiger partial charge in [0.15, 0.2) is 0 Å². The lowest BCUT2D eigenvalue weighted by Gasteiger charge is -2.36. The Morgan fingerprint density at radius 3 is 2.40 bits per heavy atom. The van der Waals surface area contributed by atoms with E-state index in [2.05, 4.69) is 10.6 Å². The van der Waals surface area contributed by atoms with Crippen LogP contribution in [0.3, 0.4) is 0 Å². The quantitative estimate of drug-likeness (QED) is 0.666. The molecule has 1 saturated carbocycles. The van der Waals surface area contributed by atoms with Gasteiger partial charge in [-0.15, -0.1) is 12.4 Å². The number of nitrogens with two attached hydrogens (primary N) is 1. The SMILES string of the molecule is CCCNC(=O)C1(NC(=O)CCCN)CCCCC1.Cl. The van der Waals surface area contributed by atoms with Crippen LogP contribution in [-0.2, 0) is 9.59 Å². The number of hydrogen-bond acceptors (Lipinski definition) is 3. The van der Waals surface area contributed by atoms with E-state index in [0.717, 1.165) is 38.5 Å². The number of carbonyl (C=O) groups is 2. The molecule has 0 aromatic rings. The molecule has 0 radical (unpaired) electrons. The average molecular weight is 306 g/mol. The van der Waals surface area contributed by atoms with Crippen LogP contribution in [0, 0.1) is 0 Å². The third-order valence-electron chi connectivity index (χ3n) is 3.66. The fraction of sp³-hybridized carbons (Fsp3) is 0.857. The number of nitrogens with one attached hydrogen (secondary N) is 2. The van der Waals surface area contributed by atoms with Crippen molar-refractivity contribution in [1.29, 1.82) is 0 Å². The predicted molar refractivity (Wildman–Crippen MR) is 82.8 cm³/mol. The summed E-state index contributed by atoms with van der Waals surface area (Å²) >= 11 is 0. The largest absolute Gasteiger partial charge is 0.354 e. The molecule has 4 N–H and O–H groups in total. The van der Waals surface area contributed by atoms with Gasteiger partial charge in [0.2, 0.25) is 11.8 Å². The second-order valence-electron chi connectivity index (χ2n) is 5.34. The Morgan fingerprint density at radius 1 is 1.20 bits per heavy atom. The second kappa shape index (κ2) is 10.00. The number of halogens is 1. The van der Waals surface area contributed by atoms with E-state index < -0.39 is 5.54 Å². The van der Waals surface area contributed by atoms with Gasteiger partial charge in [0.05, 0.1) is 0 Å². The zero-order valence-electron chi connectivity index (χ0n) is 12.4. The van der Waals surface area contributed by atoms with Gasteiger partial charge in [0, 0.05) is 13.0 Å². The molecular formula is C14H28ClN3O2. The van der Waals surface area contributed by atoms with Crippen LogP contribution in [-0.4, -0.2) is 30.4 Å². The molecule has 6 heteroatoms. The summed E-state index contributed by atoms with van der Waals surface area (Å²) in [6.07, 6.45) is 6.60. The molecule has 1 aliphatic carbocycles. The highest BCUT2D eigenvalue weighted by molar-refractivity contribution is 5.91. The van der Waals surface area contributed by atoms with Gasteiger partial charge in [0.1, 0.15) is 5.54 Å². The molecule has 0 spiro atoms. The highest BCUT2D eigenvalue weighted by atomic mass is 35.5. The Hall–Kier alpha value is -0.810. The van der Waals surface area contributed by atoms with E-state index in [1.165, 1.54) is 0 Å². The third-order valence-corrected chi connectivity index (χ3v) is 3.66. The molecule has 0 aromatic carbocycles. The van der Waals surface area contributed by atoms with Gasteiger partial charge >= 0.3 is 0 Å². The first kappa shape index (κ1) is 19.2. The number of carbonyl (C=O) groups excluding carboxylic acids is 2. The smallest absolute Gasteiger partial charge is 0.245 e. The maximum Gasteiger partial charge on any atom is 0.245 e. The average Bonchev–Trinajstić information content (AvgIpc) is 2.43. The summed E-state index contributed by atoms with van der Waals surface area (Å²) in [5, 5.41) is 5.90. The van der Waals surface area contributed by atoms with Crippen LogP contribution in [0.5, 0.6) is 0 Å². The van der Waals surface area contributed by atoms with Gasteiger partial charge in [-0.25, -0.2) is 0 Å². The Kier molecular flexibility index (Phi) is 9.59. The van der Waals surface area contributed by atoms with Crippen LogP contribution in [0.1, 0.15) is 58.3 Å². The first-order chi connectivity index (χ1) is 9.14. The first-order valence-electron chi connectivity index (χ1n) is 7.44. The lowest BCUT2D eigenvalue weighted by Crippen LogP contribution is -2.59. The van der Waals surface area contributed by atoms with E-state index in [1.54, 1.807) is 0 Å².